The van der Waals surface area contributed by atoms with E-state index in [2.05, 4.69) is 29.8 Å². The second-order valence-electron chi connectivity index (χ2n) is 3.85. The van der Waals surface area contributed by atoms with E-state index >= 15 is 0 Å². The van der Waals surface area contributed by atoms with Crippen molar-refractivity contribution in [1.82, 2.24) is 5.32 Å². The summed E-state index contributed by atoms with van der Waals surface area (Å²) < 4.78 is 5.84. The Morgan fingerprint density at radius 1 is 1.71 bits per heavy atom. The van der Waals surface area contributed by atoms with E-state index in [1.54, 1.807) is 11.3 Å². The topological polar surface area (TPSA) is 21.3 Å². The Hall–Kier alpha value is -0.380. The molecule has 0 amide bonds. The van der Waals surface area contributed by atoms with Crippen LogP contribution in [0.3, 0.4) is 0 Å². The average molecular weight is 211 g/mol. The van der Waals surface area contributed by atoms with Crippen LogP contribution in [0.4, 0.5) is 0 Å². The quantitative estimate of drug-likeness (QED) is 0.826. The Kier molecular flexibility index (Phi) is 3.56. The molecule has 14 heavy (non-hydrogen) atoms. The summed E-state index contributed by atoms with van der Waals surface area (Å²) in [6.45, 7) is 5.30. The van der Waals surface area contributed by atoms with Gasteiger partial charge in [-0.1, -0.05) is 6.07 Å². The molecule has 2 rings (SSSR count). The zero-order chi connectivity index (χ0) is 9.80. The molecule has 1 saturated heterocycles. The van der Waals surface area contributed by atoms with Gasteiger partial charge < -0.3 is 10.1 Å². The lowest BCUT2D eigenvalue weighted by atomic mass is 10.1. The highest BCUT2D eigenvalue weighted by molar-refractivity contribution is 7.10. The van der Waals surface area contributed by atoms with Gasteiger partial charge in [-0.2, -0.15) is 0 Å². The highest BCUT2D eigenvalue weighted by Crippen LogP contribution is 2.23. The molecule has 0 radical (unpaired) electrons. The molecule has 78 valence electrons. The molecule has 0 spiro atoms. The van der Waals surface area contributed by atoms with Gasteiger partial charge in [0.1, 0.15) is 0 Å². The van der Waals surface area contributed by atoms with Gasteiger partial charge in [0.05, 0.1) is 12.7 Å². The van der Waals surface area contributed by atoms with E-state index in [1.807, 2.05) is 0 Å². The van der Waals surface area contributed by atoms with Crippen LogP contribution in [-0.2, 0) is 4.74 Å². The molecule has 1 aliphatic rings. The third kappa shape index (κ3) is 2.56. The predicted molar refractivity (Wildman–Crippen MR) is 59.7 cm³/mol. The van der Waals surface area contributed by atoms with E-state index in [0.717, 1.165) is 25.6 Å². The summed E-state index contributed by atoms with van der Waals surface area (Å²) in [5, 5.41) is 5.46. The van der Waals surface area contributed by atoms with Gasteiger partial charge in [0.15, 0.2) is 0 Å². The Balaban J connectivity index is 1.74. The van der Waals surface area contributed by atoms with Crippen molar-refractivity contribution in [2.45, 2.75) is 19.4 Å². The molecule has 0 unspecified atom stereocenters. The summed E-state index contributed by atoms with van der Waals surface area (Å²) >= 11 is 1.77. The molecule has 1 N–H and O–H groups in total. The zero-order valence-electron chi connectivity index (χ0n) is 8.53. The molecule has 0 aliphatic carbocycles. The van der Waals surface area contributed by atoms with Gasteiger partial charge in [-0.25, -0.2) is 0 Å². The number of rotatable bonds is 4. The van der Waals surface area contributed by atoms with Crippen molar-refractivity contribution < 1.29 is 4.74 Å². The molecule has 0 saturated carbocycles. The van der Waals surface area contributed by atoms with Gasteiger partial charge in [0.25, 0.3) is 0 Å². The van der Waals surface area contributed by atoms with Crippen molar-refractivity contribution in [1.29, 1.82) is 0 Å². The van der Waals surface area contributed by atoms with E-state index < -0.39 is 0 Å². The van der Waals surface area contributed by atoms with Crippen LogP contribution in [0.25, 0.3) is 0 Å². The number of thiophene rings is 1. The lowest BCUT2D eigenvalue weighted by Crippen LogP contribution is -2.14. The summed E-state index contributed by atoms with van der Waals surface area (Å²) in [7, 11) is 0. The molecule has 1 aromatic heterocycles. The first-order valence-corrected chi connectivity index (χ1v) is 6.10. The summed E-state index contributed by atoms with van der Waals surface area (Å²) in [5.41, 5.74) is 0. The fourth-order valence-electron chi connectivity index (χ4n) is 1.74. The minimum Gasteiger partial charge on any atom is -0.373 e. The Bertz CT molecular complexity index is 254. The first-order chi connectivity index (χ1) is 6.86. The lowest BCUT2D eigenvalue weighted by molar-refractivity contribution is 0.0456. The maximum absolute atomic E-state index is 5.84. The van der Waals surface area contributed by atoms with Crippen LogP contribution in [0.1, 0.15) is 24.3 Å². The van der Waals surface area contributed by atoms with Gasteiger partial charge in [0, 0.05) is 11.4 Å². The summed E-state index contributed by atoms with van der Waals surface area (Å²) in [4.78, 5) is 1.33. The number of nitrogens with one attached hydrogen (secondary N) is 1. The van der Waals surface area contributed by atoms with Crippen LogP contribution in [-0.4, -0.2) is 19.7 Å². The van der Waals surface area contributed by atoms with E-state index in [4.69, 9.17) is 4.74 Å². The summed E-state index contributed by atoms with van der Waals surface area (Å²) in [6.07, 6.45) is 1.52. The highest BCUT2D eigenvalue weighted by atomic mass is 32.1. The Morgan fingerprint density at radius 2 is 2.64 bits per heavy atom. The van der Waals surface area contributed by atoms with Crippen LogP contribution in [0.15, 0.2) is 17.5 Å². The zero-order valence-corrected chi connectivity index (χ0v) is 9.35. The largest absolute Gasteiger partial charge is 0.373 e. The van der Waals surface area contributed by atoms with E-state index in [9.17, 15) is 0 Å². The van der Waals surface area contributed by atoms with Crippen LogP contribution in [0, 0.1) is 5.92 Å². The number of hydrogen-bond donors (Lipinski definition) is 1. The Morgan fingerprint density at radius 3 is 3.29 bits per heavy atom. The van der Waals surface area contributed by atoms with Gasteiger partial charge in [-0.05, 0) is 37.3 Å². The van der Waals surface area contributed by atoms with Crippen molar-refractivity contribution in [2.24, 2.45) is 5.92 Å². The first-order valence-electron chi connectivity index (χ1n) is 5.22. The van der Waals surface area contributed by atoms with Crippen LogP contribution < -0.4 is 5.32 Å². The van der Waals surface area contributed by atoms with Crippen LogP contribution >= 0.6 is 11.3 Å². The molecule has 2 atom stereocenters. The predicted octanol–water partition coefficient (Wildman–Crippen LogP) is 2.44. The molecule has 3 heteroatoms. The van der Waals surface area contributed by atoms with Gasteiger partial charge in [0.2, 0.25) is 0 Å². The molecule has 1 aliphatic heterocycles. The minimum atomic E-state index is 0.260. The lowest BCUT2D eigenvalue weighted by Gasteiger charge is -2.14. The van der Waals surface area contributed by atoms with E-state index in [-0.39, 0.29) is 6.10 Å². The van der Waals surface area contributed by atoms with Crippen molar-refractivity contribution in [2.75, 3.05) is 19.7 Å². The molecule has 0 bridgehead atoms. The van der Waals surface area contributed by atoms with E-state index in [1.165, 1.54) is 11.3 Å². The van der Waals surface area contributed by atoms with Crippen LogP contribution in [0.5, 0.6) is 0 Å². The number of hydrogen-bond acceptors (Lipinski definition) is 3. The van der Waals surface area contributed by atoms with E-state index in [0.29, 0.717) is 0 Å². The second kappa shape index (κ2) is 4.91. The second-order valence-corrected chi connectivity index (χ2v) is 4.83. The Labute approximate surface area is 89.3 Å². The standard InChI is InChI=1S/C11H17NOS/c1-9(11-3-2-6-14-11)13-8-10-4-5-12-7-10/h2-3,6,9-10,12H,4-5,7-8H2,1H3/t9-,10-/m0/s1. The number of ether oxygens (including phenoxy) is 1. The summed E-state index contributed by atoms with van der Waals surface area (Å²) in [5.74, 6) is 0.720. The third-order valence-corrected chi connectivity index (χ3v) is 3.72. The summed E-state index contributed by atoms with van der Waals surface area (Å²) in [6, 6.07) is 4.22. The molecule has 0 aromatic carbocycles. The van der Waals surface area contributed by atoms with Gasteiger partial charge in [-0.15, -0.1) is 11.3 Å². The van der Waals surface area contributed by atoms with Gasteiger partial charge >= 0.3 is 0 Å². The van der Waals surface area contributed by atoms with Crippen LogP contribution in [0.2, 0.25) is 0 Å². The molecule has 2 heterocycles. The normalized spacial score (nSPS) is 23.9. The molecule has 1 fully saturated rings. The maximum atomic E-state index is 5.84. The SMILES string of the molecule is C[C@H](OC[C@H]1CCNC1)c1cccs1. The molecule has 2 nitrogen and oxygen atoms in total. The van der Waals surface area contributed by atoms with Crippen molar-refractivity contribution in [3.05, 3.63) is 22.4 Å². The fraction of sp³-hybridized carbons (Fsp3) is 0.636. The minimum absolute atomic E-state index is 0.260. The van der Waals surface area contributed by atoms with Gasteiger partial charge in [-0.3, -0.25) is 0 Å². The maximum Gasteiger partial charge on any atom is 0.0888 e. The first kappa shape index (κ1) is 10.1. The highest BCUT2D eigenvalue weighted by Gasteiger charge is 2.16. The molecular formula is C11H17NOS. The van der Waals surface area contributed by atoms with Crippen molar-refractivity contribution in [3.8, 4) is 0 Å². The smallest absolute Gasteiger partial charge is 0.0888 e. The van der Waals surface area contributed by atoms with Crippen molar-refractivity contribution >= 4 is 11.3 Å². The molecule has 1 aromatic rings. The fourth-order valence-corrected chi connectivity index (χ4v) is 2.47. The third-order valence-electron chi connectivity index (χ3n) is 2.69. The van der Waals surface area contributed by atoms with Crippen molar-refractivity contribution in [3.63, 3.8) is 0 Å². The average Bonchev–Trinajstić information content (AvgIpc) is 2.87. The monoisotopic (exact) mass is 211 g/mol. The molecular weight excluding hydrogens is 194 g/mol.